The molecule has 3 aliphatic rings. The summed E-state index contributed by atoms with van der Waals surface area (Å²) in [4.78, 5) is 2.35. The molecule has 1 aromatic carbocycles. The zero-order chi connectivity index (χ0) is 16.4. The van der Waals surface area contributed by atoms with Gasteiger partial charge in [0, 0.05) is 19.6 Å². The van der Waals surface area contributed by atoms with Crippen LogP contribution in [0.25, 0.3) is 0 Å². The third-order valence-electron chi connectivity index (χ3n) is 5.87. The van der Waals surface area contributed by atoms with Crippen LogP contribution in [0.3, 0.4) is 0 Å². The molecule has 4 rings (SSSR count). The lowest BCUT2D eigenvalue weighted by Crippen LogP contribution is -2.57. The summed E-state index contributed by atoms with van der Waals surface area (Å²) in [7, 11) is 0. The molecule has 2 unspecified atom stereocenters. The number of aliphatic hydroxyl groups is 1. The molecular formula is C20H29NO3. The van der Waals surface area contributed by atoms with Gasteiger partial charge in [0.1, 0.15) is 0 Å². The lowest BCUT2D eigenvalue weighted by atomic mass is 9.79. The van der Waals surface area contributed by atoms with Gasteiger partial charge in [-0.15, -0.1) is 0 Å². The molecule has 4 heteroatoms. The predicted molar refractivity (Wildman–Crippen MR) is 93.1 cm³/mol. The predicted octanol–water partition coefficient (Wildman–Crippen LogP) is 2.70. The minimum absolute atomic E-state index is 0.0984. The maximum absolute atomic E-state index is 10.4. The second-order valence-corrected chi connectivity index (χ2v) is 7.69. The van der Waals surface area contributed by atoms with Crippen LogP contribution in [-0.4, -0.2) is 54.6 Å². The fourth-order valence-corrected chi connectivity index (χ4v) is 4.41. The minimum atomic E-state index is -0.422. The van der Waals surface area contributed by atoms with E-state index in [1.165, 1.54) is 36.8 Å². The van der Waals surface area contributed by atoms with Gasteiger partial charge in [-0.3, -0.25) is 4.90 Å². The van der Waals surface area contributed by atoms with Crippen molar-refractivity contribution in [3.63, 3.8) is 0 Å². The number of β-amino-alcohol motifs (C(OH)–C–C–N with tert-alkyl or cyclic N) is 1. The van der Waals surface area contributed by atoms with Gasteiger partial charge >= 0.3 is 0 Å². The van der Waals surface area contributed by atoms with Crippen molar-refractivity contribution in [3.8, 4) is 0 Å². The number of rotatable bonds is 5. The number of hydrogen-bond acceptors (Lipinski definition) is 4. The highest BCUT2D eigenvalue weighted by Gasteiger charge is 2.42. The Labute approximate surface area is 144 Å². The van der Waals surface area contributed by atoms with Crippen molar-refractivity contribution in [1.82, 2.24) is 4.90 Å². The molecule has 0 radical (unpaired) electrons. The van der Waals surface area contributed by atoms with E-state index >= 15 is 0 Å². The fourth-order valence-electron chi connectivity index (χ4n) is 4.41. The number of benzene rings is 1. The van der Waals surface area contributed by atoms with E-state index in [0.717, 1.165) is 32.5 Å². The van der Waals surface area contributed by atoms with Gasteiger partial charge in [-0.2, -0.15) is 0 Å². The lowest BCUT2D eigenvalue weighted by Gasteiger charge is -2.48. The summed E-state index contributed by atoms with van der Waals surface area (Å²) < 4.78 is 12.0. The normalized spacial score (nSPS) is 27.5. The van der Waals surface area contributed by atoms with Crippen LogP contribution in [0.15, 0.2) is 24.3 Å². The topological polar surface area (TPSA) is 41.9 Å². The van der Waals surface area contributed by atoms with Crippen molar-refractivity contribution in [3.05, 3.63) is 35.4 Å². The van der Waals surface area contributed by atoms with Gasteiger partial charge in [-0.25, -0.2) is 0 Å². The molecule has 2 aliphatic carbocycles. The third-order valence-corrected chi connectivity index (χ3v) is 5.87. The second kappa shape index (κ2) is 7.12. The summed E-state index contributed by atoms with van der Waals surface area (Å²) in [5.41, 5.74) is 2.82. The molecule has 0 aromatic heterocycles. The van der Waals surface area contributed by atoms with Crippen molar-refractivity contribution < 1.29 is 14.6 Å². The highest BCUT2D eigenvalue weighted by Crippen LogP contribution is 2.38. The van der Waals surface area contributed by atoms with E-state index in [1.54, 1.807) is 0 Å². The Hall–Kier alpha value is -0.940. The van der Waals surface area contributed by atoms with E-state index in [4.69, 9.17) is 9.47 Å². The van der Waals surface area contributed by atoms with E-state index in [1.807, 2.05) is 0 Å². The molecule has 0 amide bonds. The number of morpholine rings is 1. The van der Waals surface area contributed by atoms with E-state index in [2.05, 4.69) is 29.2 Å². The van der Waals surface area contributed by atoms with Crippen LogP contribution in [0.1, 0.15) is 49.3 Å². The van der Waals surface area contributed by atoms with E-state index in [-0.39, 0.29) is 11.7 Å². The Bertz CT molecular complexity index is 558. The Morgan fingerprint density at radius 2 is 2.17 bits per heavy atom. The van der Waals surface area contributed by atoms with Crippen molar-refractivity contribution >= 4 is 0 Å². The maximum Gasteiger partial charge on any atom is 0.0900 e. The molecule has 2 atom stereocenters. The largest absolute Gasteiger partial charge is 0.389 e. The van der Waals surface area contributed by atoms with Crippen LogP contribution in [0, 0.1) is 0 Å². The monoisotopic (exact) mass is 331 g/mol. The van der Waals surface area contributed by atoms with E-state index in [9.17, 15) is 5.11 Å². The number of ether oxygens (including phenoxy) is 2. The molecular weight excluding hydrogens is 302 g/mol. The van der Waals surface area contributed by atoms with Gasteiger partial charge in [0.05, 0.1) is 31.0 Å². The van der Waals surface area contributed by atoms with Crippen LogP contribution in [0.2, 0.25) is 0 Å². The smallest absolute Gasteiger partial charge is 0.0900 e. The first-order valence-corrected chi connectivity index (χ1v) is 9.48. The standard InChI is InChI=1S/C20H29NO3/c22-17(13-21-11-12-24-20(15-21)9-4-10-20)14-23-19-8-3-6-16-5-1-2-7-18(16)19/h1-2,5,7,17,19,22H,3-4,6,8-15H2. The van der Waals surface area contributed by atoms with Crippen LogP contribution < -0.4 is 0 Å². The molecule has 1 spiro atoms. The van der Waals surface area contributed by atoms with Crippen LogP contribution in [0.4, 0.5) is 0 Å². The van der Waals surface area contributed by atoms with Crippen LogP contribution in [-0.2, 0) is 15.9 Å². The molecule has 1 heterocycles. The first kappa shape index (κ1) is 16.5. The average Bonchev–Trinajstić information content (AvgIpc) is 2.59. The van der Waals surface area contributed by atoms with Gasteiger partial charge in [-0.05, 0) is 49.7 Å². The summed E-state index contributed by atoms with van der Waals surface area (Å²) in [6.07, 6.45) is 6.73. The Kier molecular flexibility index (Phi) is 4.90. The summed E-state index contributed by atoms with van der Waals surface area (Å²) in [5, 5.41) is 10.4. The van der Waals surface area contributed by atoms with Crippen molar-refractivity contribution in [1.29, 1.82) is 0 Å². The number of fused-ring (bicyclic) bond motifs is 1. The Balaban J connectivity index is 1.27. The highest BCUT2D eigenvalue weighted by atomic mass is 16.5. The zero-order valence-corrected chi connectivity index (χ0v) is 14.5. The van der Waals surface area contributed by atoms with Crippen molar-refractivity contribution in [2.45, 2.75) is 56.3 Å². The summed E-state index contributed by atoms with van der Waals surface area (Å²) in [5.74, 6) is 0. The first-order valence-electron chi connectivity index (χ1n) is 9.48. The molecule has 4 nitrogen and oxygen atoms in total. The average molecular weight is 331 g/mol. The van der Waals surface area contributed by atoms with E-state index < -0.39 is 6.10 Å². The number of aliphatic hydroxyl groups excluding tert-OH is 1. The molecule has 132 valence electrons. The van der Waals surface area contributed by atoms with E-state index in [0.29, 0.717) is 13.2 Å². The lowest BCUT2D eigenvalue weighted by molar-refractivity contribution is -0.157. The fraction of sp³-hybridized carbons (Fsp3) is 0.700. The molecule has 24 heavy (non-hydrogen) atoms. The van der Waals surface area contributed by atoms with Crippen LogP contribution in [0.5, 0.6) is 0 Å². The molecule has 1 N–H and O–H groups in total. The van der Waals surface area contributed by atoms with Gasteiger partial charge in [0.25, 0.3) is 0 Å². The zero-order valence-electron chi connectivity index (χ0n) is 14.5. The molecule has 1 saturated carbocycles. The molecule has 0 bridgehead atoms. The first-order chi connectivity index (χ1) is 11.7. The minimum Gasteiger partial charge on any atom is -0.389 e. The van der Waals surface area contributed by atoms with Gasteiger partial charge in [0.2, 0.25) is 0 Å². The second-order valence-electron chi connectivity index (χ2n) is 7.69. The quantitative estimate of drug-likeness (QED) is 0.901. The van der Waals surface area contributed by atoms with Gasteiger partial charge in [-0.1, -0.05) is 24.3 Å². The Morgan fingerprint density at radius 1 is 1.29 bits per heavy atom. The Morgan fingerprint density at radius 3 is 3.00 bits per heavy atom. The maximum atomic E-state index is 10.4. The molecule has 1 aliphatic heterocycles. The van der Waals surface area contributed by atoms with Crippen molar-refractivity contribution in [2.75, 3.05) is 32.8 Å². The molecule has 2 fully saturated rings. The number of hydrogen-bond donors (Lipinski definition) is 1. The number of nitrogens with zero attached hydrogens (tertiary/aromatic N) is 1. The summed E-state index contributed by atoms with van der Waals surface area (Å²) in [6, 6.07) is 8.56. The molecule has 1 aromatic rings. The van der Waals surface area contributed by atoms with Crippen molar-refractivity contribution in [2.24, 2.45) is 0 Å². The third kappa shape index (κ3) is 3.52. The van der Waals surface area contributed by atoms with Gasteiger partial charge in [0.15, 0.2) is 0 Å². The van der Waals surface area contributed by atoms with Crippen LogP contribution >= 0.6 is 0 Å². The highest BCUT2D eigenvalue weighted by molar-refractivity contribution is 5.31. The summed E-state index contributed by atoms with van der Waals surface area (Å²) >= 11 is 0. The molecule has 1 saturated heterocycles. The van der Waals surface area contributed by atoms with Gasteiger partial charge < -0.3 is 14.6 Å². The summed E-state index contributed by atoms with van der Waals surface area (Å²) in [6.45, 7) is 3.80. The SMILES string of the molecule is OC(COC1CCCc2ccccc21)CN1CCOC2(CCC2)C1. The number of aryl methyl sites for hydroxylation is 1.